The molecule has 0 saturated heterocycles. The Bertz CT molecular complexity index is 891. The van der Waals surface area contributed by atoms with Crippen LogP contribution in [0.2, 0.25) is 0 Å². The highest BCUT2D eigenvalue weighted by atomic mass is 32.1. The maximum Gasteiger partial charge on any atom is 0.303 e. The minimum Gasteiger partial charge on any atom is -0.484 e. The van der Waals surface area contributed by atoms with Crippen molar-refractivity contribution in [2.45, 2.75) is 25.4 Å². The molecule has 7 heteroatoms. The first-order valence-electron chi connectivity index (χ1n) is 9.27. The van der Waals surface area contributed by atoms with Crippen molar-refractivity contribution in [3.63, 3.8) is 0 Å². The lowest BCUT2D eigenvalue weighted by Gasteiger charge is -2.19. The molecule has 0 spiro atoms. The largest absolute Gasteiger partial charge is 0.484 e. The number of benzene rings is 2. The van der Waals surface area contributed by atoms with E-state index < -0.39 is 11.9 Å². The van der Waals surface area contributed by atoms with Crippen molar-refractivity contribution in [2.24, 2.45) is 0 Å². The fourth-order valence-corrected chi connectivity index (χ4v) is 3.46. The zero-order valence-electron chi connectivity index (χ0n) is 16.2. The molecule has 29 heavy (non-hydrogen) atoms. The summed E-state index contributed by atoms with van der Waals surface area (Å²) in [4.78, 5) is 20.6. The molecule has 0 unspecified atom stereocenters. The van der Waals surface area contributed by atoms with Crippen molar-refractivity contribution in [3.8, 4) is 5.75 Å². The highest BCUT2D eigenvalue weighted by molar-refractivity contribution is 7.10. The molecule has 0 saturated carbocycles. The van der Waals surface area contributed by atoms with Crippen molar-refractivity contribution in [2.75, 3.05) is 13.6 Å². The van der Waals surface area contributed by atoms with Crippen LogP contribution in [0.1, 0.15) is 30.2 Å². The number of fused-ring (bicyclic) bond motifs is 1. The lowest BCUT2D eigenvalue weighted by atomic mass is 10.1. The molecule has 0 bridgehead atoms. The Kier molecular flexibility index (Phi) is 9.14. The number of thiophene rings is 1. The molecule has 1 aromatic heterocycles. The van der Waals surface area contributed by atoms with E-state index in [1.54, 1.807) is 11.3 Å². The lowest BCUT2D eigenvalue weighted by Crippen LogP contribution is -2.15. The van der Waals surface area contributed by atoms with Gasteiger partial charge >= 0.3 is 11.9 Å². The number of carboxylic acids is 2. The number of carboxylic acid groups (broad SMARTS) is 2. The summed E-state index contributed by atoms with van der Waals surface area (Å²) >= 11 is 1.75. The second-order valence-corrected chi connectivity index (χ2v) is 7.26. The highest BCUT2D eigenvalue weighted by Crippen LogP contribution is 2.32. The predicted octanol–water partition coefficient (Wildman–Crippen LogP) is 4.57. The maximum atomic E-state index is 9.64. The van der Waals surface area contributed by atoms with Gasteiger partial charge in [-0.1, -0.05) is 42.5 Å². The molecule has 6 nitrogen and oxygen atoms in total. The smallest absolute Gasteiger partial charge is 0.303 e. The van der Waals surface area contributed by atoms with E-state index >= 15 is 0 Å². The first-order chi connectivity index (χ1) is 14.0. The molecule has 0 aliphatic heterocycles. The summed E-state index contributed by atoms with van der Waals surface area (Å²) in [5.41, 5.74) is 0. The van der Waals surface area contributed by atoms with Gasteiger partial charge in [-0.25, -0.2) is 0 Å². The molecule has 3 rings (SSSR count). The summed E-state index contributed by atoms with van der Waals surface area (Å²) in [6.45, 7) is 0.938. The molecule has 1 atom stereocenters. The number of aliphatic carboxylic acids is 2. The van der Waals surface area contributed by atoms with Gasteiger partial charge < -0.3 is 20.3 Å². The molecule has 3 aromatic rings. The number of hydrogen-bond donors (Lipinski definition) is 3. The van der Waals surface area contributed by atoms with Crippen LogP contribution in [0.5, 0.6) is 5.75 Å². The average Bonchev–Trinajstić information content (AvgIpc) is 3.25. The molecule has 0 fully saturated rings. The van der Waals surface area contributed by atoms with Gasteiger partial charge in [0.15, 0.2) is 0 Å². The first kappa shape index (κ1) is 22.4. The Balaban J connectivity index is 0.000000321. The van der Waals surface area contributed by atoms with E-state index in [1.165, 1.54) is 15.6 Å². The number of carbonyl (C=O) groups is 2. The second-order valence-electron chi connectivity index (χ2n) is 6.28. The van der Waals surface area contributed by atoms with E-state index in [2.05, 4.69) is 65.3 Å². The van der Waals surface area contributed by atoms with Gasteiger partial charge in [0.05, 0.1) is 12.8 Å². The van der Waals surface area contributed by atoms with Crippen molar-refractivity contribution in [1.29, 1.82) is 0 Å². The van der Waals surface area contributed by atoms with Gasteiger partial charge in [-0.2, -0.15) is 0 Å². The summed E-state index contributed by atoms with van der Waals surface area (Å²) in [6, 6.07) is 18.8. The molecule has 2 aromatic carbocycles. The molecule has 1 heterocycles. The molecule has 154 valence electrons. The van der Waals surface area contributed by atoms with Crippen LogP contribution in [0.4, 0.5) is 0 Å². The van der Waals surface area contributed by atoms with E-state index in [1.807, 2.05) is 7.05 Å². The van der Waals surface area contributed by atoms with Gasteiger partial charge in [0.2, 0.25) is 0 Å². The summed E-state index contributed by atoms with van der Waals surface area (Å²) in [6.07, 6.45) is 0.466. The zero-order valence-corrected chi connectivity index (χ0v) is 17.0. The lowest BCUT2D eigenvalue weighted by molar-refractivity contribution is -0.143. The third-order valence-electron chi connectivity index (χ3n) is 4.09. The quantitative estimate of drug-likeness (QED) is 0.474. The maximum absolute atomic E-state index is 9.64. The van der Waals surface area contributed by atoms with Crippen molar-refractivity contribution < 1.29 is 24.5 Å². The number of hydrogen-bond acceptors (Lipinski definition) is 5. The Hall–Kier alpha value is -2.90. The summed E-state index contributed by atoms with van der Waals surface area (Å²) in [5, 5.41) is 23.5. The Morgan fingerprint density at radius 3 is 2.31 bits per heavy atom. The van der Waals surface area contributed by atoms with Crippen LogP contribution in [0.25, 0.3) is 10.8 Å². The topological polar surface area (TPSA) is 95.9 Å². The molecule has 0 aliphatic rings. The molecular formula is C22H25NO5S. The van der Waals surface area contributed by atoms with Gasteiger partial charge in [-0.15, -0.1) is 11.3 Å². The van der Waals surface area contributed by atoms with E-state index in [4.69, 9.17) is 14.9 Å². The van der Waals surface area contributed by atoms with Crippen LogP contribution in [0, 0.1) is 0 Å². The van der Waals surface area contributed by atoms with E-state index in [-0.39, 0.29) is 18.9 Å². The zero-order chi connectivity index (χ0) is 21.1. The predicted molar refractivity (Wildman–Crippen MR) is 115 cm³/mol. The summed E-state index contributed by atoms with van der Waals surface area (Å²) in [5.74, 6) is -1.19. The van der Waals surface area contributed by atoms with Crippen LogP contribution < -0.4 is 10.1 Å². The third-order valence-corrected chi connectivity index (χ3v) is 5.05. The summed E-state index contributed by atoms with van der Waals surface area (Å²) in [7, 11) is 1.98. The van der Waals surface area contributed by atoms with Crippen LogP contribution >= 0.6 is 11.3 Å². The van der Waals surface area contributed by atoms with E-state index in [0.717, 1.165) is 18.7 Å². The Labute approximate surface area is 173 Å². The fourth-order valence-electron chi connectivity index (χ4n) is 2.67. The van der Waals surface area contributed by atoms with Gasteiger partial charge in [0.25, 0.3) is 0 Å². The third kappa shape index (κ3) is 7.56. The number of ether oxygens (including phenoxy) is 1. The van der Waals surface area contributed by atoms with Gasteiger partial charge in [-0.3, -0.25) is 9.59 Å². The van der Waals surface area contributed by atoms with Crippen LogP contribution in [-0.4, -0.2) is 35.7 Å². The standard InChI is InChI=1S/C18H19NOS.C4H6O4/c1-19-12-11-17(18-10-5-13-21-18)20-16-9-4-7-14-6-2-3-8-15(14)16;5-3(6)1-2-4(7)8/h2-10,13,17,19H,11-12H2,1H3;1-2H2,(H,5,6)(H,7,8)/t17-;/m0./s1. The van der Waals surface area contributed by atoms with Crippen molar-refractivity contribution >= 4 is 34.0 Å². The number of nitrogens with one attached hydrogen (secondary N) is 1. The molecular weight excluding hydrogens is 390 g/mol. The van der Waals surface area contributed by atoms with Gasteiger partial charge in [0.1, 0.15) is 11.9 Å². The Morgan fingerprint density at radius 2 is 1.69 bits per heavy atom. The SMILES string of the molecule is CNCC[C@H](Oc1cccc2ccccc12)c1cccs1.O=C(O)CCC(=O)O. The average molecular weight is 416 g/mol. The second kappa shape index (κ2) is 11.8. The van der Waals surface area contributed by atoms with Gasteiger partial charge in [-0.05, 0) is 36.5 Å². The monoisotopic (exact) mass is 415 g/mol. The van der Waals surface area contributed by atoms with E-state index in [9.17, 15) is 9.59 Å². The van der Waals surface area contributed by atoms with Crippen molar-refractivity contribution in [1.82, 2.24) is 5.32 Å². The van der Waals surface area contributed by atoms with E-state index in [0.29, 0.717) is 0 Å². The fraction of sp³-hybridized carbons (Fsp3) is 0.273. The molecule has 0 radical (unpaired) electrons. The highest BCUT2D eigenvalue weighted by Gasteiger charge is 2.15. The minimum absolute atomic E-state index is 0.100. The molecule has 0 amide bonds. The minimum atomic E-state index is -1.08. The van der Waals surface area contributed by atoms with Crippen LogP contribution in [0.3, 0.4) is 0 Å². The normalized spacial score (nSPS) is 11.3. The van der Waals surface area contributed by atoms with Crippen molar-refractivity contribution in [3.05, 3.63) is 64.9 Å². The Morgan fingerprint density at radius 1 is 1.00 bits per heavy atom. The molecule has 0 aliphatic carbocycles. The summed E-state index contributed by atoms with van der Waals surface area (Å²) < 4.78 is 6.34. The van der Waals surface area contributed by atoms with Crippen LogP contribution in [0.15, 0.2) is 60.0 Å². The first-order valence-corrected chi connectivity index (χ1v) is 10.1. The van der Waals surface area contributed by atoms with Gasteiger partial charge in [0, 0.05) is 16.7 Å². The number of rotatable bonds is 9. The van der Waals surface area contributed by atoms with Crippen LogP contribution in [-0.2, 0) is 9.59 Å². The molecule has 3 N–H and O–H groups in total.